The number of halogens is 1. The van der Waals surface area contributed by atoms with Crippen LogP contribution in [-0.4, -0.2) is 37.8 Å². The van der Waals surface area contributed by atoms with Crippen molar-refractivity contribution in [3.8, 4) is 5.75 Å². The largest absolute Gasteiger partial charge is 0.492 e. The van der Waals surface area contributed by atoms with Crippen LogP contribution in [-0.2, 0) is 9.84 Å². The first-order valence-electron chi connectivity index (χ1n) is 7.50. The Morgan fingerprint density at radius 3 is 2.60 bits per heavy atom. The molecular formula is C17H16ClN3O3S. The summed E-state index contributed by atoms with van der Waals surface area (Å²) in [5.41, 5.74) is 0.670. The fraction of sp³-hybridized carbons (Fsp3) is 0.176. The van der Waals surface area contributed by atoms with E-state index in [0.29, 0.717) is 34.9 Å². The number of ether oxygens (including phenoxy) is 1. The van der Waals surface area contributed by atoms with Crippen LogP contribution >= 0.6 is 11.6 Å². The van der Waals surface area contributed by atoms with Crippen LogP contribution in [0.4, 0.5) is 5.82 Å². The van der Waals surface area contributed by atoms with E-state index >= 15 is 0 Å². The van der Waals surface area contributed by atoms with Gasteiger partial charge in [0.2, 0.25) is 0 Å². The van der Waals surface area contributed by atoms with Crippen LogP contribution in [0.1, 0.15) is 0 Å². The van der Waals surface area contributed by atoms with Gasteiger partial charge in [-0.1, -0.05) is 11.6 Å². The lowest BCUT2D eigenvalue weighted by Crippen LogP contribution is -2.12. The van der Waals surface area contributed by atoms with E-state index < -0.39 is 9.84 Å². The highest BCUT2D eigenvalue weighted by atomic mass is 35.5. The van der Waals surface area contributed by atoms with Crippen molar-refractivity contribution in [3.63, 3.8) is 0 Å². The third kappa shape index (κ3) is 4.37. The van der Waals surface area contributed by atoms with Gasteiger partial charge >= 0.3 is 0 Å². The van der Waals surface area contributed by atoms with E-state index in [9.17, 15) is 8.42 Å². The molecule has 0 saturated carbocycles. The molecule has 3 aromatic rings. The first kappa shape index (κ1) is 17.4. The fourth-order valence-electron chi connectivity index (χ4n) is 2.28. The van der Waals surface area contributed by atoms with Crippen LogP contribution in [0.25, 0.3) is 10.9 Å². The first-order valence-corrected chi connectivity index (χ1v) is 9.77. The summed E-state index contributed by atoms with van der Waals surface area (Å²) in [5, 5.41) is 4.45. The van der Waals surface area contributed by atoms with Crippen molar-refractivity contribution in [2.75, 3.05) is 24.7 Å². The Morgan fingerprint density at radius 2 is 1.88 bits per heavy atom. The van der Waals surface area contributed by atoms with E-state index in [2.05, 4.69) is 15.3 Å². The van der Waals surface area contributed by atoms with Gasteiger partial charge < -0.3 is 10.1 Å². The van der Waals surface area contributed by atoms with Gasteiger partial charge in [0.15, 0.2) is 9.84 Å². The van der Waals surface area contributed by atoms with Crippen molar-refractivity contribution in [2.45, 2.75) is 4.90 Å². The van der Waals surface area contributed by atoms with Gasteiger partial charge in [-0.25, -0.2) is 18.4 Å². The lowest BCUT2D eigenvalue weighted by Gasteiger charge is -2.10. The average Bonchev–Trinajstić information content (AvgIpc) is 2.59. The zero-order chi connectivity index (χ0) is 17.9. The summed E-state index contributed by atoms with van der Waals surface area (Å²) in [5.74, 6) is 1.29. The highest BCUT2D eigenvalue weighted by Gasteiger charge is 2.10. The van der Waals surface area contributed by atoms with Gasteiger partial charge in [-0.05, 0) is 42.5 Å². The van der Waals surface area contributed by atoms with Crippen molar-refractivity contribution in [3.05, 3.63) is 53.8 Å². The van der Waals surface area contributed by atoms with Gasteiger partial charge in [0.05, 0.1) is 17.0 Å². The number of fused-ring (bicyclic) bond motifs is 1. The van der Waals surface area contributed by atoms with Gasteiger partial charge in [-0.2, -0.15) is 0 Å². The fourth-order valence-corrected chi connectivity index (χ4v) is 3.05. The monoisotopic (exact) mass is 377 g/mol. The van der Waals surface area contributed by atoms with E-state index in [1.807, 2.05) is 0 Å². The molecule has 0 amide bonds. The summed E-state index contributed by atoms with van der Waals surface area (Å²) in [4.78, 5) is 8.59. The molecule has 1 aromatic heterocycles. The van der Waals surface area contributed by atoms with E-state index in [0.717, 1.165) is 5.75 Å². The maximum Gasteiger partial charge on any atom is 0.175 e. The van der Waals surface area contributed by atoms with Crippen LogP contribution in [0.2, 0.25) is 5.02 Å². The topological polar surface area (TPSA) is 81.2 Å². The quantitative estimate of drug-likeness (QED) is 0.664. The lowest BCUT2D eigenvalue weighted by molar-refractivity contribution is 0.333. The molecule has 0 atom stereocenters. The lowest BCUT2D eigenvalue weighted by atomic mass is 10.2. The van der Waals surface area contributed by atoms with Crippen LogP contribution in [0.15, 0.2) is 53.7 Å². The molecule has 0 saturated heterocycles. The average molecular weight is 378 g/mol. The third-order valence-electron chi connectivity index (χ3n) is 3.51. The van der Waals surface area contributed by atoms with Crippen molar-refractivity contribution in [2.24, 2.45) is 0 Å². The third-order valence-corrected chi connectivity index (χ3v) is 4.87. The Hall–Kier alpha value is -2.38. The molecule has 25 heavy (non-hydrogen) atoms. The predicted octanol–water partition coefficient (Wildman–Crippen LogP) is 3.18. The van der Waals surface area contributed by atoms with E-state index in [-0.39, 0.29) is 4.90 Å². The van der Waals surface area contributed by atoms with E-state index in [1.165, 1.54) is 18.6 Å². The number of rotatable bonds is 6. The van der Waals surface area contributed by atoms with Crippen molar-refractivity contribution in [1.29, 1.82) is 0 Å². The molecule has 0 aliphatic carbocycles. The van der Waals surface area contributed by atoms with Crippen LogP contribution < -0.4 is 10.1 Å². The molecule has 0 fully saturated rings. The number of nitrogens with one attached hydrogen (secondary N) is 1. The molecule has 8 heteroatoms. The number of anilines is 1. The molecule has 0 radical (unpaired) electrons. The molecule has 1 N–H and O–H groups in total. The van der Waals surface area contributed by atoms with Crippen LogP contribution in [0.5, 0.6) is 5.75 Å². The minimum atomic E-state index is -3.29. The molecular weight excluding hydrogens is 362 g/mol. The highest BCUT2D eigenvalue weighted by molar-refractivity contribution is 7.90. The predicted molar refractivity (Wildman–Crippen MR) is 98.1 cm³/mol. The first-order chi connectivity index (χ1) is 11.9. The molecule has 0 unspecified atom stereocenters. The van der Waals surface area contributed by atoms with Gasteiger partial charge in [0.25, 0.3) is 0 Å². The zero-order valence-corrected chi connectivity index (χ0v) is 15.0. The number of hydrogen-bond acceptors (Lipinski definition) is 6. The molecule has 0 aliphatic rings. The molecule has 6 nitrogen and oxygen atoms in total. The molecule has 0 bridgehead atoms. The molecule has 130 valence electrons. The molecule has 1 heterocycles. The Morgan fingerprint density at radius 1 is 1.12 bits per heavy atom. The summed E-state index contributed by atoms with van der Waals surface area (Å²) < 4.78 is 29.1. The van der Waals surface area contributed by atoms with Crippen molar-refractivity contribution >= 4 is 38.2 Å². The number of hydrogen-bond donors (Lipinski definition) is 1. The Labute approximate surface area is 150 Å². The van der Waals surface area contributed by atoms with Crippen molar-refractivity contribution in [1.82, 2.24) is 9.97 Å². The maximum absolute atomic E-state index is 11.7. The van der Waals surface area contributed by atoms with Crippen molar-refractivity contribution < 1.29 is 13.2 Å². The minimum Gasteiger partial charge on any atom is -0.492 e. The molecule has 3 rings (SSSR count). The SMILES string of the molecule is CS(=O)(=O)c1ccc2ncnc(NCCOc3ccc(Cl)cc3)c2c1. The molecule has 2 aromatic carbocycles. The number of aromatic nitrogens is 2. The Balaban J connectivity index is 1.71. The summed E-state index contributed by atoms with van der Waals surface area (Å²) in [7, 11) is -3.29. The van der Waals surface area contributed by atoms with Gasteiger partial charge in [0.1, 0.15) is 24.5 Å². The van der Waals surface area contributed by atoms with E-state index in [1.54, 1.807) is 36.4 Å². The van der Waals surface area contributed by atoms with Gasteiger partial charge in [-0.3, -0.25) is 0 Å². The highest BCUT2D eigenvalue weighted by Crippen LogP contribution is 2.23. The number of nitrogens with zero attached hydrogens (tertiary/aromatic N) is 2. The zero-order valence-electron chi connectivity index (χ0n) is 13.4. The second-order valence-corrected chi connectivity index (χ2v) is 7.85. The summed E-state index contributed by atoms with van der Waals surface area (Å²) in [6.45, 7) is 0.913. The molecule has 0 aliphatic heterocycles. The molecule has 0 spiro atoms. The van der Waals surface area contributed by atoms with Gasteiger partial charge in [-0.15, -0.1) is 0 Å². The van der Waals surface area contributed by atoms with Crippen LogP contribution in [0.3, 0.4) is 0 Å². The summed E-state index contributed by atoms with van der Waals surface area (Å²) in [6.07, 6.45) is 2.61. The smallest absolute Gasteiger partial charge is 0.175 e. The number of sulfone groups is 1. The normalized spacial score (nSPS) is 11.4. The Bertz CT molecular complexity index is 992. The second kappa shape index (κ2) is 7.25. The summed E-state index contributed by atoms with van der Waals surface area (Å²) >= 11 is 5.83. The standard InChI is InChI=1S/C17H16ClN3O3S/c1-25(22,23)14-6-7-16-15(10-14)17(21-11-20-16)19-8-9-24-13-4-2-12(18)3-5-13/h2-7,10-11H,8-9H2,1H3,(H,19,20,21). The maximum atomic E-state index is 11.7. The van der Waals surface area contributed by atoms with Gasteiger partial charge in [0, 0.05) is 16.7 Å². The summed E-state index contributed by atoms with van der Waals surface area (Å²) in [6, 6.07) is 11.9. The second-order valence-electron chi connectivity index (χ2n) is 5.40. The Kier molecular flexibility index (Phi) is 5.06. The van der Waals surface area contributed by atoms with Crippen LogP contribution in [0, 0.1) is 0 Å². The minimum absolute atomic E-state index is 0.232. The number of benzene rings is 2. The van der Waals surface area contributed by atoms with E-state index in [4.69, 9.17) is 16.3 Å².